The fraction of sp³-hybridized carbons (Fsp3) is 0. The van der Waals surface area contributed by atoms with Gasteiger partial charge in [-0.2, -0.15) is 0 Å². The van der Waals surface area contributed by atoms with Gasteiger partial charge in [0.15, 0.2) is 17.5 Å². The maximum absolute atomic E-state index is 6.61. The van der Waals surface area contributed by atoms with Crippen molar-refractivity contribution in [2.75, 3.05) is 0 Å². The molecule has 0 aliphatic rings. The van der Waals surface area contributed by atoms with Gasteiger partial charge in [0, 0.05) is 49.0 Å². The predicted octanol–water partition coefficient (Wildman–Crippen LogP) is 12.2. The Morgan fingerprint density at radius 1 is 0.294 bits per heavy atom. The summed E-state index contributed by atoms with van der Waals surface area (Å²) in [6, 6.07) is 51.1. The minimum atomic E-state index is 0.528. The van der Waals surface area contributed by atoms with E-state index in [1.165, 1.54) is 0 Å². The highest BCUT2D eigenvalue weighted by molar-refractivity contribution is 6.13. The zero-order valence-corrected chi connectivity index (χ0v) is 27.0. The normalized spacial score (nSPS) is 11.9. The van der Waals surface area contributed by atoms with Crippen LogP contribution in [-0.4, -0.2) is 15.0 Å². The van der Waals surface area contributed by atoms with Crippen molar-refractivity contribution in [3.05, 3.63) is 152 Å². The lowest BCUT2D eigenvalue weighted by Gasteiger charge is -2.09. The molecule has 238 valence electrons. The predicted molar refractivity (Wildman–Crippen MR) is 203 cm³/mol. The van der Waals surface area contributed by atoms with Crippen LogP contribution in [-0.2, 0) is 0 Å². The van der Waals surface area contributed by atoms with Gasteiger partial charge in [0.25, 0.3) is 0 Å². The zero-order chi connectivity index (χ0) is 33.5. The molecule has 11 rings (SSSR count). The van der Waals surface area contributed by atoms with Gasteiger partial charge in [-0.3, -0.25) is 0 Å². The van der Waals surface area contributed by atoms with E-state index in [1.54, 1.807) is 0 Å². The smallest absolute Gasteiger partial charge is 0.167 e. The fourth-order valence-electron chi connectivity index (χ4n) is 7.32. The topological polar surface area (TPSA) is 78.1 Å². The summed E-state index contributed by atoms with van der Waals surface area (Å²) in [5.41, 5.74) is 9.49. The second-order valence-electron chi connectivity index (χ2n) is 12.8. The number of para-hydroxylation sites is 4. The van der Waals surface area contributed by atoms with Crippen LogP contribution < -0.4 is 0 Å². The average molecular weight is 656 g/mol. The summed E-state index contributed by atoms with van der Waals surface area (Å²) in [5, 5.41) is 6.32. The molecule has 0 saturated carbocycles. The summed E-state index contributed by atoms with van der Waals surface area (Å²) in [6.07, 6.45) is 0. The highest BCUT2D eigenvalue weighted by atomic mass is 16.3. The number of benzene rings is 7. The molecular formula is C45H25N3O3. The summed E-state index contributed by atoms with van der Waals surface area (Å²) < 4.78 is 19.2. The molecule has 4 heterocycles. The Kier molecular flexibility index (Phi) is 5.86. The van der Waals surface area contributed by atoms with Gasteiger partial charge in [0.05, 0.1) is 5.56 Å². The largest absolute Gasteiger partial charge is 0.456 e. The van der Waals surface area contributed by atoms with Crippen LogP contribution in [0.2, 0.25) is 0 Å². The molecule has 0 fully saturated rings. The molecule has 0 atom stereocenters. The third-order valence-electron chi connectivity index (χ3n) is 9.76. The van der Waals surface area contributed by atoms with E-state index in [9.17, 15) is 0 Å². The van der Waals surface area contributed by atoms with Crippen molar-refractivity contribution in [3.8, 4) is 45.3 Å². The molecule has 0 aliphatic carbocycles. The standard InChI is InChI=1S/C45H25N3O3/c1-2-10-26(11-3-1)43-46-44(28-20-22-32-30-12-4-6-18-37(30)49-40(32)25-28)48-45(47-43)35-17-9-16-34-36-24-27(21-23-39(36)51-42(34)35)29-14-8-15-33-31-13-5-7-19-38(31)50-41(29)33/h1-25H. The van der Waals surface area contributed by atoms with Crippen LogP contribution >= 0.6 is 0 Å². The van der Waals surface area contributed by atoms with Crippen LogP contribution in [0.3, 0.4) is 0 Å². The lowest BCUT2D eigenvalue weighted by Crippen LogP contribution is -2.00. The van der Waals surface area contributed by atoms with E-state index in [-0.39, 0.29) is 0 Å². The molecule has 0 saturated heterocycles. The first-order valence-electron chi connectivity index (χ1n) is 16.8. The molecule has 0 amide bonds. The van der Waals surface area contributed by atoms with E-state index >= 15 is 0 Å². The Labute approximate surface area is 290 Å². The van der Waals surface area contributed by atoms with Crippen molar-refractivity contribution < 1.29 is 13.3 Å². The van der Waals surface area contributed by atoms with E-state index in [0.29, 0.717) is 17.5 Å². The minimum absolute atomic E-state index is 0.528. The van der Waals surface area contributed by atoms with Gasteiger partial charge in [-0.05, 0) is 48.0 Å². The van der Waals surface area contributed by atoms with Gasteiger partial charge in [0.2, 0.25) is 0 Å². The van der Waals surface area contributed by atoms with Crippen molar-refractivity contribution in [1.29, 1.82) is 0 Å². The van der Waals surface area contributed by atoms with Gasteiger partial charge in [-0.1, -0.05) is 109 Å². The van der Waals surface area contributed by atoms with Crippen molar-refractivity contribution in [2.24, 2.45) is 0 Å². The molecule has 11 aromatic rings. The first-order chi connectivity index (χ1) is 25.2. The van der Waals surface area contributed by atoms with Gasteiger partial charge < -0.3 is 13.3 Å². The Bertz CT molecular complexity index is 3150. The molecule has 0 aliphatic heterocycles. The first-order valence-corrected chi connectivity index (χ1v) is 16.8. The summed E-state index contributed by atoms with van der Waals surface area (Å²) in [6.45, 7) is 0. The molecule has 0 unspecified atom stereocenters. The number of fused-ring (bicyclic) bond motifs is 9. The molecule has 51 heavy (non-hydrogen) atoms. The minimum Gasteiger partial charge on any atom is -0.456 e. The van der Waals surface area contributed by atoms with Gasteiger partial charge in [0.1, 0.15) is 33.5 Å². The molecule has 6 heteroatoms. The van der Waals surface area contributed by atoms with Gasteiger partial charge in [-0.25, -0.2) is 15.0 Å². The molecule has 0 N–H and O–H groups in total. The second-order valence-corrected chi connectivity index (χ2v) is 12.8. The van der Waals surface area contributed by atoms with E-state index < -0.39 is 0 Å². The van der Waals surface area contributed by atoms with E-state index in [4.69, 9.17) is 28.2 Å². The Morgan fingerprint density at radius 2 is 0.843 bits per heavy atom. The monoisotopic (exact) mass is 655 g/mol. The van der Waals surface area contributed by atoms with Crippen LogP contribution in [0.5, 0.6) is 0 Å². The van der Waals surface area contributed by atoms with Crippen LogP contribution in [0.25, 0.3) is 111 Å². The number of hydrogen-bond donors (Lipinski definition) is 0. The maximum atomic E-state index is 6.61. The summed E-state index contributed by atoms with van der Waals surface area (Å²) in [7, 11) is 0. The van der Waals surface area contributed by atoms with Crippen molar-refractivity contribution in [3.63, 3.8) is 0 Å². The SMILES string of the molecule is c1ccc(-c2nc(-c3ccc4c(c3)oc3ccccc34)nc(-c3cccc4c3oc3ccc(-c5cccc6c5oc5ccccc56)cc34)n2)cc1. The number of aromatic nitrogens is 3. The third kappa shape index (κ3) is 4.33. The maximum Gasteiger partial charge on any atom is 0.167 e. The number of nitrogens with zero attached hydrogens (tertiary/aromatic N) is 3. The van der Waals surface area contributed by atoms with Crippen molar-refractivity contribution >= 4 is 65.8 Å². The molecule has 4 aromatic heterocycles. The third-order valence-corrected chi connectivity index (χ3v) is 9.76. The van der Waals surface area contributed by atoms with E-state index in [2.05, 4.69) is 54.6 Å². The highest BCUT2D eigenvalue weighted by Gasteiger charge is 2.20. The number of rotatable bonds is 4. The highest BCUT2D eigenvalue weighted by Crippen LogP contribution is 2.41. The quantitative estimate of drug-likeness (QED) is 0.188. The fourth-order valence-corrected chi connectivity index (χ4v) is 7.32. The lowest BCUT2D eigenvalue weighted by molar-refractivity contribution is 0.668. The van der Waals surface area contributed by atoms with Gasteiger partial charge in [-0.15, -0.1) is 0 Å². The lowest BCUT2D eigenvalue weighted by atomic mass is 10.00. The molecule has 7 aromatic carbocycles. The van der Waals surface area contributed by atoms with Crippen LogP contribution in [0, 0.1) is 0 Å². The Hall–Kier alpha value is -7.05. The van der Waals surface area contributed by atoms with Crippen molar-refractivity contribution in [2.45, 2.75) is 0 Å². The van der Waals surface area contributed by atoms with Crippen LogP contribution in [0.15, 0.2) is 165 Å². The van der Waals surface area contributed by atoms with Crippen molar-refractivity contribution in [1.82, 2.24) is 15.0 Å². The summed E-state index contributed by atoms with van der Waals surface area (Å²) >= 11 is 0. The molecule has 0 bridgehead atoms. The number of furan rings is 3. The Balaban J connectivity index is 1.09. The van der Waals surface area contributed by atoms with E-state index in [0.717, 1.165) is 93.6 Å². The molecular weight excluding hydrogens is 631 g/mol. The van der Waals surface area contributed by atoms with Crippen LogP contribution in [0.1, 0.15) is 0 Å². The second kappa shape index (κ2) is 10.7. The van der Waals surface area contributed by atoms with E-state index in [1.807, 2.05) is 97.1 Å². The van der Waals surface area contributed by atoms with Gasteiger partial charge >= 0.3 is 0 Å². The molecule has 0 radical (unpaired) electrons. The molecule has 6 nitrogen and oxygen atoms in total. The summed E-state index contributed by atoms with van der Waals surface area (Å²) in [4.78, 5) is 15.0. The summed E-state index contributed by atoms with van der Waals surface area (Å²) in [5.74, 6) is 1.66. The molecule has 0 spiro atoms. The first kappa shape index (κ1) is 27.9. The zero-order valence-electron chi connectivity index (χ0n) is 27.0. The average Bonchev–Trinajstić information content (AvgIpc) is 3.88. The Morgan fingerprint density at radius 3 is 1.65 bits per heavy atom. The number of hydrogen-bond acceptors (Lipinski definition) is 6. The van der Waals surface area contributed by atoms with Crippen LogP contribution in [0.4, 0.5) is 0 Å².